The number of aromatic nitrogens is 2. The summed E-state index contributed by atoms with van der Waals surface area (Å²) in [4.78, 5) is 1.18. The normalized spacial score (nSPS) is 11.2. The quantitative estimate of drug-likeness (QED) is 0.237. The molecule has 0 aliphatic rings. The Kier molecular flexibility index (Phi) is 7.68. The summed E-state index contributed by atoms with van der Waals surface area (Å²) in [6.45, 7) is 1.65. The van der Waals surface area contributed by atoms with Crippen LogP contribution in [0, 0.1) is 0 Å². The van der Waals surface area contributed by atoms with Gasteiger partial charge in [0.15, 0.2) is 0 Å². The van der Waals surface area contributed by atoms with Crippen molar-refractivity contribution in [3.8, 4) is 5.75 Å². The molecule has 4 nitrogen and oxygen atoms in total. The Bertz CT molecular complexity index is 825. The van der Waals surface area contributed by atoms with Crippen LogP contribution < -0.4 is 9.46 Å². The van der Waals surface area contributed by atoms with Crippen molar-refractivity contribution in [2.75, 3.05) is 18.5 Å². The third-order valence-corrected chi connectivity index (χ3v) is 5.51. The van der Waals surface area contributed by atoms with Gasteiger partial charge in [-0.3, -0.25) is 9.82 Å². The minimum Gasteiger partial charge on any atom is -0.494 e. The molecule has 3 rings (SSSR count). The van der Waals surface area contributed by atoms with Crippen molar-refractivity contribution in [1.82, 2.24) is 14.9 Å². The number of rotatable bonds is 10. The Morgan fingerprint density at radius 1 is 1.15 bits per heavy atom. The van der Waals surface area contributed by atoms with E-state index in [4.69, 9.17) is 16.3 Å². The Morgan fingerprint density at radius 2 is 2.00 bits per heavy atom. The molecule has 0 fully saturated rings. The lowest BCUT2D eigenvalue weighted by Gasteiger charge is -2.07. The molecule has 0 amide bonds. The number of nitrogens with zero attached hydrogens (tertiary/aromatic N) is 1. The first-order valence-corrected chi connectivity index (χ1v) is 10.9. The number of hydrogen-bond acceptors (Lipinski definition) is 4. The maximum Gasteiger partial charge on any atom is 0.119 e. The predicted molar refractivity (Wildman–Crippen MR) is 114 cm³/mol. The number of hydrogen-bond donors (Lipinski definition) is 2. The molecular formula is C19H21BrClN3OS. The van der Waals surface area contributed by atoms with Crippen LogP contribution in [-0.4, -0.2) is 28.7 Å². The van der Waals surface area contributed by atoms with E-state index in [9.17, 15) is 0 Å². The summed E-state index contributed by atoms with van der Waals surface area (Å²) in [5, 5.41) is 10.3. The number of halogens is 2. The first kappa shape index (κ1) is 19.5. The molecule has 0 aliphatic carbocycles. The first-order chi connectivity index (χ1) is 12.8. The highest BCUT2D eigenvalue weighted by molar-refractivity contribution is 9.09. The molecule has 2 aromatic carbocycles. The lowest BCUT2D eigenvalue weighted by molar-refractivity contribution is 0.319. The van der Waals surface area contributed by atoms with Gasteiger partial charge in [0.25, 0.3) is 0 Å². The fourth-order valence-corrected chi connectivity index (χ4v) is 3.63. The third kappa shape index (κ3) is 5.64. The van der Waals surface area contributed by atoms with E-state index in [0.717, 1.165) is 65.1 Å². The van der Waals surface area contributed by atoms with Crippen LogP contribution in [0.3, 0.4) is 0 Å². The molecule has 26 heavy (non-hydrogen) atoms. The van der Waals surface area contributed by atoms with Crippen LogP contribution in [0.2, 0.25) is 5.02 Å². The topological polar surface area (TPSA) is 49.9 Å². The van der Waals surface area contributed by atoms with E-state index in [-0.39, 0.29) is 0 Å². The summed E-state index contributed by atoms with van der Waals surface area (Å²) in [5.74, 6) is 0.916. The molecule has 1 aromatic heterocycles. The van der Waals surface area contributed by atoms with E-state index in [1.54, 1.807) is 11.9 Å². The second kappa shape index (κ2) is 10.2. The number of alkyl halides is 1. The number of benzene rings is 2. The van der Waals surface area contributed by atoms with E-state index in [2.05, 4.69) is 43.0 Å². The summed E-state index contributed by atoms with van der Waals surface area (Å²) >= 11 is 11.1. The van der Waals surface area contributed by atoms with Crippen molar-refractivity contribution >= 4 is 50.4 Å². The van der Waals surface area contributed by atoms with Crippen LogP contribution in [0.1, 0.15) is 18.5 Å². The Balaban J connectivity index is 1.39. The number of aryl methyl sites for hydroxylation is 1. The summed E-state index contributed by atoms with van der Waals surface area (Å²) < 4.78 is 9.05. The van der Waals surface area contributed by atoms with Gasteiger partial charge in [-0.1, -0.05) is 27.5 Å². The molecule has 2 N–H and O–H groups in total. The van der Waals surface area contributed by atoms with Gasteiger partial charge in [0, 0.05) is 27.2 Å². The maximum absolute atomic E-state index is 6.08. The monoisotopic (exact) mass is 453 g/mol. The average Bonchev–Trinajstić information content (AvgIpc) is 3.05. The highest BCUT2D eigenvalue weighted by Gasteiger charge is 2.06. The molecule has 0 unspecified atom stereocenters. The largest absolute Gasteiger partial charge is 0.494 e. The molecule has 0 radical (unpaired) electrons. The van der Waals surface area contributed by atoms with Crippen LogP contribution in [0.4, 0.5) is 0 Å². The molecular weight excluding hydrogens is 434 g/mol. The molecule has 3 aromatic rings. The Morgan fingerprint density at radius 3 is 2.81 bits per heavy atom. The predicted octanol–water partition coefficient (Wildman–Crippen LogP) is 5.61. The first-order valence-electron chi connectivity index (χ1n) is 8.57. The van der Waals surface area contributed by atoms with E-state index >= 15 is 0 Å². The van der Waals surface area contributed by atoms with E-state index in [0.29, 0.717) is 0 Å². The summed E-state index contributed by atoms with van der Waals surface area (Å²) in [6, 6.07) is 14.0. The van der Waals surface area contributed by atoms with Crippen molar-refractivity contribution < 1.29 is 4.74 Å². The number of aromatic amines is 1. The van der Waals surface area contributed by atoms with Crippen LogP contribution in [0.15, 0.2) is 47.4 Å². The van der Waals surface area contributed by atoms with Crippen molar-refractivity contribution in [3.63, 3.8) is 0 Å². The van der Waals surface area contributed by atoms with Gasteiger partial charge in [0.05, 0.1) is 17.8 Å². The molecule has 0 aliphatic heterocycles. The van der Waals surface area contributed by atoms with Gasteiger partial charge in [0.2, 0.25) is 0 Å². The molecule has 0 atom stereocenters. The maximum atomic E-state index is 6.08. The third-order valence-electron chi connectivity index (χ3n) is 3.86. The van der Waals surface area contributed by atoms with Gasteiger partial charge in [-0.25, -0.2) is 0 Å². The Labute approximate surface area is 171 Å². The SMILES string of the molecule is Clc1ccc2[nH]nc(CCCNSc3ccc(OCCCBr)cc3)c2c1. The van der Waals surface area contributed by atoms with Crippen molar-refractivity contribution in [2.45, 2.75) is 24.2 Å². The van der Waals surface area contributed by atoms with Crippen LogP contribution in [-0.2, 0) is 6.42 Å². The van der Waals surface area contributed by atoms with E-state index in [1.165, 1.54) is 4.90 Å². The van der Waals surface area contributed by atoms with Crippen molar-refractivity contribution in [1.29, 1.82) is 0 Å². The van der Waals surface area contributed by atoms with Crippen molar-refractivity contribution in [2.24, 2.45) is 0 Å². The molecule has 0 spiro atoms. The van der Waals surface area contributed by atoms with E-state index in [1.807, 2.05) is 30.3 Å². The highest BCUT2D eigenvalue weighted by atomic mass is 79.9. The molecule has 138 valence electrons. The fourth-order valence-electron chi connectivity index (χ4n) is 2.54. The molecule has 7 heteroatoms. The Hall–Kier alpha value is -1.21. The molecule has 0 saturated carbocycles. The van der Waals surface area contributed by atoms with Crippen LogP contribution in [0.25, 0.3) is 10.9 Å². The number of H-pyrrole nitrogens is 1. The summed E-state index contributed by atoms with van der Waals surface area (Å²) in [6.07, 6.45) is 2.93. The number of fused-ring (bicyclic) bond motifs is 1. The number of ether oxygens (including phenoxy) is 1. The van der Waals surface area contributed by atoms with Gasteiger partial charge in [0.1, 0.15) is 5.75 Å². The smallest absolute Gasteiger partial charge is 0.119 e. The van der Waals surface area contributed by atoms with Crippen LogP contribution in [0.5, 0.6) is 5.75 Å². The van der Waals surface area contributed by atoms with E-state index < -0.39 is 0 Å². The van der Waals surface area contributed by atoms with Gasteiger partial charge in [-0.15, -0.1) is 0 Å². The molecule has 0 saturated heterocycles. The average molecular weight is 455 g/mol. The summed E-state index contributed by atoms with van der Waals surface area (Å²) in [7, 11) is 0. The zero-order valence-electron chi connectivity index (χ0n) is 14.3. The highest BCUT2D eigenvalue weighted by Crippen LogP contribution is 2.22. The molecule has 0 bridgehead atoms. The minimum atomic E-state index is 0.739. The van der Waals surface area contributed by atoms with Crippen molar-refractivity contribution in [3.05, 3.63) is 53.2 Å². The zero-order valence-corrected chi connectivity index (χ0v) is 17.5. The second-order valence-corrected chi connectivity index (χ2v) is 8.02. The number of nitrogens with one attached hydrogen (secondary N) is 2. The fraction of sp³-hybridized carbons (Fsp3) is 0.316. The van der Waals surface area contributed by atoms with Gasteiger partial charge < -0.3 is 4.74 Å². The molecule has 1 heterocycles. The van der Waals surface area contributed by atoms with Gasteiger partial charge >= 0.3 is 0 Å². The summed E-state index contributed by atoms with van der Waals surface area (Å²) in [5.41, 5.74) is 2.10. The minimum absolute atomic E-state index is 0.739. The van der Waals surface area contributed by atoms with Gasteiger partial charge in [-0.2, -0.15) is 5.10 Å². The standard InChI is InChI=1S/C19H21BrClN3OS/c20-10-2-12-25-15-5-7-16(8-6-15)26-22-11-1-3-18-17-13-14(21)4-9-19(17)24-23-18/h4-9,13,22H,1-3,10-12H2,(H,23,24). The second-order valence-electron chi connectivity index (χ2n) is 5.82. The lowest BCUT2D eigenvalue weighted by atomic mass is 10.1. The lowest BCUT2D eigenvalue weighted by Crippen LogP contribution is -2.06. The van der Waals surface area contributed by atoms with Crippen LogP contribution >= 0.6 is 39.5 Å². The van der Waals surface area contributed by atoms with Gasteiger partial charge in [-0.05, 0) is 73.7 Å². The zero-order chi connectivity index (χ0) is 18.2.